The zero-order chi connectivity index (χ0) is 35.8. The van der Waals surface area contributed by atoms with Gasteiger partial charge in [0.05, 0.1) is 0 Å². The summed E-state index contributed by atoms with van der Waals surface area (Å²) in [5.74, 6) is -2.33. The molecule has 0 saturated heterocycles. The number of esters is 1. The molecule has 0 bridgehead atoms. The lowest BCUT2D eigenvalue weighted by molar-refractivity contribution is -0.159. The van der Waals surface area contributed by atoms with Gasteiger partial charge in [-0.15, -0.1) is 0 Å². The summed E-state index contributed by atoms with van der Waals surface area (Å²) in [5.41, 5.74) is 6.18. The number of ether oxygens (including phenoxy) is 2. The SMILES string of the molecule is CCc1ccc(C(C(=O)NC(Cc2ccccc2)C(=O)OC(C)(C)C)N(C(=O)C(CCC(N)=O)NC(=O)OC(C)(C)C)C2CC2C)cc1. The van der Waals surface area contributed by atoms with Crippen LogP contribution in [0.1, 0.15) is 97.4 Å². The van der Waals surface area contributed by atoms with Crippen molar-refractivity contribution in [2.45, 2.75) is 123 Å². The van der Waals surface area contributed by atoms with Crippen molar-refractivity contribution in [1.82, 2.24) is 15.5 Å². The van der Waals surface area contributed by atoms with E-state index in [2.05, 4.69) is 10.6 Å². The van der Waals surface area contributed by atoms with E-state index < -0.39 is 59.1 Å². The predicted octanol–water partition coefficient (Wildman–Crippen LogP) is 4.76. The van der Waals surface area contributed by atoms with Crippen LogP contribution in [0.5, 0.6) is 0 Å². The molecule has 4 N–H and O–H groups in total. The third-order valence-corrected chi connectivity index (χ3v) is 7.87. The summed E-state index contributed by atoms with van der Waals surface area (Å²) in [5, 5.41) is 5.54. The van der Waals surface area contributed by atoms with Crippen molar-refractivity contribution in [1.29, 1.82) is 0 Å². The first-order valence-electron chi connectivity index (χ1n) is 16.6. The summed E-state index contributed by atoms with van der Waals surface area (Å²) >= 11 is 0. The molecule has 262 valence electrons. The number of nitrogens with zero attached hydrogens (tertiary/aromatic N) is 1. The van der Waals surface area contributed by atoms with Crippen molar-refractivity contribution in [2.75, 3.05) is 0 Å². The largest absolute Gasteiger partial charge is 0.458 e. The third kappa shape index (κ3) is 11.7. The van der Waals surface area contributed by atoms with Crippen molar-refractivity contribution in [3.63, 3.8) is 0 Å². The molecule has 0 spiro atoms. The standard InChI is InChI=1S/C37H52N4O7/c1-9-24-15-17-26(18-16-24)31(32(43)39-28(34(45)47-36(3,4)5)22-25-13-11-10-12-14-25)41(29-21-23(29)2)33(44)27(19-20-30(38)42)40-35(46)48-37(6,7)8/h10-18,23,27-29,31H,9,19-22H2,1-8H3,(H2,38,42)(H,39,43)(H,40,46). The molecule has 11 heteroatoms. The molecule has 1 saturated carbocycles. The highest BCUT2D eigenvalue weighted by Crippen LogP contribution is 2.41. The summed E-state index contributed by atoms with van der Waals surface area (Å²) in [6.45, 7) is 14.3. The van der Waals surface area contributed by atoms with E-state index in [-0.39, 0.29) is 31.2 Å². The van der Waals surface area contributed by atoms with Crippen molar-refractivity contribution in [3.05, 3.63) is 71.3 Å². The van der Waals surface area contributed by atoms with Crippen LogP contribution in [0.2, 0.25) is 0 Å². The lowest BCUT2D eigenvalue weighted by atomic mass is 9.98. The highest BCUT2D eigenvalue weighted by atomic mass is 16.6. The first-order chi connectivity index (χ1) is 22.4. The number of hydrogen-bond donors (Lipinski definition) is 3. The van der Waals surface area contributed by atoms with Crippen molar-refractivity contribution in [3.8, 4) is 0 Å². The normalized spacial score (nSPS) is 17.7. The average Bonchev–Trinajstić information content (AvgIpc) is 3.71. The topological polar surface area (TPSA) is 157 Å². The number of hydrogen-bond acceptors (Lipinski definition) is 7. The van der Waals surface area contributed by atoms with Gasteiger partial charge >= 0.3 is 12.1 Å². The van der Waals surface area contributed by atoms with Crippen LogP contribution in [0, 0.1) is 5.92 Å². The van der Waals surface area contributed by atoms with Crippen LogP contribution < -0.4 is 16.4 Å². The monoisotopic (exact) mass is 664 g/mol. The number of amides is 4. The number of carbonyl (C=O) groups excluding carboxylic acids is 5. The number of alkyl carbamates (subject to hydrolysis) is 1. The number of rotatable bonds is 14. The number of nitrogens with one attached hydrogen (secondary N) is 2. The van der Waals surface area contributed by atoms with Gasteiger partial charge in [-0.05, 0) is 83.4 Å². The maximum Gasteiger partial charge on any atom is 0.408 e. The van der Waals surface area contributed by atoms with Crippen LogP contribution in [-0.2, 0) is 41.5 Å². The Morgan fingerprint density at radius 3 is 1.94 bits per heavy atom. The predicted molar refractivity (Wildman–Crippen MR) is 182 cm³/mol. The molecule has 5 unspecified atom stereocenters. The Morgan fingerprint density at radius 1 is 0.854 bits per heavy atom. The number of benzene rings is 2. The van der Waals surface area contributed by atoms with Gasteiger partial charge in [0.15, 0.2) is 0 Å². The Kier molecular flexibility index (Phi) is 12.8. The fourth-order valence-electron chi connectivity index (χ4n) is 5.39. The van der Waals surface area contributed by atoms with E-state index in [0.29, 0.717) is 12.0 Å². The molecule has 1 aliphatic carbocycles. The van der Waals surface area contributed by atoms with E-state index >= 15 is 0 Å². The summed E-state index contributed by atoms with van der Waals surface area (Å²) in [6.07, 6.45) is 0.444. The molecular formula is C37H52N4O7. The number of aryl methyl sites for hydroxylation is 1. The molecule has 5 atom stereocenters. The molecule has 48 heavy (non-hydrogen) atoms. The van der Waals surface area contributed by atoms with E-state index in [9.17, 15) is 24.0 Å². The first kappa shape index (κ1) is 38.0. The van der Waals surface area contributed by atoms with Gasteiger partial charge in [-0.2, -0.15) is 0 Å². The van der Waals surface area contributed by atoms with Crippen molar-refractivity contribution >= 4 is 29.8 Å². The zero-order valence-corrected chi connectivity index (χ0v) is 29.5. The Hall–Kier alpha value is -4.41. The quantitative estimate of drug-likeness (QED) is 0.246. The zero-order valence-electron chi connectivity index (χ0n) is 29.5. The maximum atomic E-state index is 14.6. The van der Waals surface area contributed by atoms with Crippen molar-refractivity contribution < 1.29 is 33.4 Å². The van der Waals surface area contributed by atoms with Gasteiger partial charge in [0.25, 0.3) is 0 Å². The molecule has 0 aromatic heterocycles. The van der Waals surface area contributed by atoms with Gasteiger partial charge in [-0.3, -0.25) is 14.4 Å². The molecule has 2 aromatic rings. The molecule has 1 aliphatic rings. The van der Waals surface area contributed by atoms with Gasteiger partial charge in [-0.1, -0.05) is 68.4 Å². The Bertz CT molecular complexity index is 1430. The van der Waals surface area contributed by atoms with E-state index in [1.807, 2.05) is 56.3 Å². The Balaban J connectivity index is 2.08. The molecule has 0 heterocycles. The fraction of sp³-hybridized carbons (Fsp3) is 0.541. The molecular weight excluding hydrogens is 612 g/mol. The molecule has 1 fully saturated rings. The Morgan fingerprint density at radius 2 is 1.44 bits per heavy atom. The highest BCUT2D eigenvalue weighted by Gasteiger charge is 2.48. The van der Waals surface area contributed by atoms with Crippen LogP contribution in [0.25, 0.3) is 0 Å². The minimum atomic E-state index is -1.21. The Labute approximate surface area is 284 Å². The lowest BCUT2D eigenvalue weighted by Gasteiger charge is -2.36. The van der Waals surface area contributed by atoms with Crippen LogP contribution in [0.15, 0.2) is 54.6 Å². The van der Waals surface area contributed by atoms with Gasteiger partial charge in [0.2, 0.25) is 17.7 Å². The minimum absolute atomic E-state index is 0.0588. The highest BCUT2D eigenvalue weighted by molar-refractivity contribution is 5.94. The summed E-state index contributed by atoms with van der Waals surface area (Å²) < 4.78 is 11.1. The van der Waals surface area contributed by atoms with Crippen LogP contribution in [-0.4, -0.2) is 64.0 Å². The van der Waals surface area contributed by atoms with E-state index in [0.717, 1.165) is 17.5 Å². The number of carbonyl (C=O) groups is 5. The van der Waals surface area contributed by atoms with Crippen LogP contribution in [0.3, 0.4) is 0 Å². The first-order valence-corrected chi connectivity index (χ1v) is 16.6. The summed E-state index contributed by atoms with van der Waals surface area (Å²) in [7, 11) is 0. The van der Waals surface area contributed by atoms with Crippen LogP contribution >= 0.6 is 0 Å². The molecule has 0 aliphatic heterocycles. The molecule has 11 nitrogen and oxygen atoms in total. The molecule has 0 radical (unpaired) electrons. The van der Waals surface area contributed by atoms with Gasteiger partial charge in [0.1, 0.15) is 29.3 Å². The number of primary amides is 1. The van der Waals surface area contributed by atoms with Gasteiger partial charge in [0, 0.05) is 18.9 Å². The van der Waals surface area contributed by atoms with Gasteiger partial charge < -0.3 is 30.7 Å². The number of nitrogens with two attached hydrogens (primary N) is 1. The molecule has 2 aromatic carbocycles. The van der Waals surface area contributed by atoms with E-state index in [4.69, 9.17) is 15.2 Å². The second-order valence-electron chi connectivity index (χ2n) is 14.5. The lowest BCUT2D eigenvalue weighted by Crippen LogP contribution is -2.56. The fourth-order valence-corrected chi connectivity index (χ4v) is 5.39. The van der Waals surface area contributed by atoms with E-state index in [1.54, 1.807) is 53.7 Å². The van der Waals surface area contributed by atoms with Crippen molar-refractivity contribution in [2.24, 2.45) is 11.7 Å². The van der Waals surface area contributed by atoms with Gasteiger partial charge in [-0.25, -0.2) is 9.59 Å². The summed E-state index contributed by atoms with van der Waals surface area (Å²) in [4.78, 5) is 68.8. The molecule has 4 amide bonds. The average molecular weight is 665 g/mol. The smallest absolute Gasteiger partial charge is 0.408 e. The minimum Gasteiger partial charge on any atom is -0.458 e. The van der Waals surface area contributed by atoms with Crippen LogP contribution in [0.4, 0.5) is 4.79 Å². The summed E-state index contributed by atoms with van der Waals surface area (Å²) in [6, 6.07) is 12.9. The molecule has 3 rings (SSSR count). The third-order valence-electron chi connectivity index (χ3n) is 7.87. The second-order valence-corrected chi connectivity index (χ2v) is 14.5. The van der Waals surface area contributed by atoms with E-state index in [1.165, 1.54) is 4.90 Å². The maximum absolute atomic E-state index is 14.6. The second kappa shape index (κ2) is 16.1.